The van der Waals surface area contributed by atoms with E-state index in [1.165, 1.54) is 24.3 Å². The Labute approximate surface area is 203 Å². The molecule has 8 nitrogen and oxygen atoms in total. The van der Waals surface area contributed by atoms with Gasteiger partial charge in [0.2, 0.25) is 26.0 Å². The van der Waals surface area contributed by atoms with E-state index in [0.717, 1.165) is 8.61 Å². The van der Waals surface area contributed by atoms with E-state index < -0.39 is 32.0 Å². The molecule has 11 heteroatoms. The molecule has 0 saturated carbocycles. The number of nitrogens with zero attached hydrogens (tertiary/aromatic N) is 2. The van der Waals surface area contributed by atoms with Crippen molar-refractivity contribution in [3.05, 3.63) is 90.0 Å². The van der Waals surface area contributed by atoms with Gasteiger partial charge in [0.05, 0.1) is 20.5 Å². The van der Waals surface area contributed by atoms with Crippen LogP contribution in [0.3, 0.4) is 0 Å². The van der Waals surface area contributed by atoms with Crippen LogP contribution in [0.4, 0.5) is 5.69 Å². The Hall–Kier alpha value is -2.76. The fraction of sp³-hybridized carbons (Fsp3) is 0.174. The molecule has 3 aromatic rings. The van der Waals surface area contributed by atoms with Crippen molar-refractivity contribution in [1.29, 1.82) is 0 Å². The predicted molar refractivity (Wildman–Crippen MR) is 129 cm³/mol. The van der Waals surface area contributed by atoms with E-state index in [9.17, 15) is 21.6 Å². The van der Waals surface area contributed by atoms with E-state index in [1.807, 2.05) is 0 Å². The van der Waals surface area contributed by atoms with Gasteiger partial charge in [-0.1, -0.05) is 60.1 Å². The lowest BCUT2D eigenvalue weighted by Crippen LogP contribution is -2.60. The highest BCUT2D eigenvalue weighted by molar-refractivity contribution is 7.89. The van der Waals surface area contributed by atoms with Crippen molar-refractivity contribution in [3.8, 4) is 0 Å². The number of rotatable bonds is 6. The molecule has 1 N–H and O–H groups in total. The zero-order valence-corrected chi connectivity index (χ0v) is 20.3. The molecule has 178 valence electrons. The zero-order valence-electron chi connectivity index (χ0n) is 17.9. The number of halogens is 1. The van der Waals surface area contributed by atoms with E-state index in [0.29, 0.717) is 5.69 Å². The maximum atomic E-state index is 13.4. The highest BCUT2D eigenvalue weighted by atomic mass is 35.5. The first-order valence-corrected chi connectivity index (χ1v) is 13.6. The molecule has 4 rings (SSSR count). The van der Waals surface area contributed by atoms with Crippen LogP contribution in [0.25, 0.3) is 0 Å². The number of sulfonamides is 2. The Morgan fingerprint density at radius 1 is 0.765 bits per heavy atom. The number of amides is 1. The Kier molecular flexibility index (Phi) is 7.06. The average Bonchev–Trinajstić information content (AvgIpc) is 2.86. The second-order valence-electron chi connectivity index (χ2n) is 7.59. The highest BCUT2D eigenvalue weighted by Gasteiger charge is 2.43. The van der Waals surface area contributed by atoms with Gasteiger partial charge in [0, 0.05) is 19.6 Å². The maximum absolute atomic E-state index is 13.4. The summed E-state index contributed by atoms with van der Waals surface area (Å²) in [4.78, 5) is 13.4. The monoisotopic (exact) mass is 519 g/mol. The number of hydrogen-bond donors (Lipinski definition) is 1. The van der Waals surface area contributed by atoms with Crippen molar-refractivity contribution in [1.82, 2.24) is 8.61 Å². The first-order chi connectivity index (χ1) is 16.2. The fourth-order valence-corrected chi connectivity index (χ4v) is 6.94. The van der Waals surface area contributed by atoms with Crippen LogP contribution >= 0.6 is 11.6 Å². The summed E-state index contributed by atoms with van der Waals surface area (Å²) in [6, 6.07) is 20.8. The predicted octanol–water partition coefficient (Wildman–Crippen LogP) is 3.04. The minimum atomic E-state index is -4.07. The van der Waals surface area contributed by atoms with Crippen molar-refractivity contribution in [3.63, 3.8) is 0 Å². The Bertz CT molecular complexity index is 1380. The number of carbonyl (C=O) groups excluding carboxylic acids is 1. The molecule has 1 aliphatic heterocycles. The molecule has 0 aromatic heterocycles. The molecule has 1 fully saturated rings. The van der Waals surface area contributed by atoms with E-state index in [4.69, 9.17) is 11.6 Å². The standard InChI is InChI=1S/C23H22ClN3O5S2/c24-20-13-7-8-14-21(20)25-23(28)22-17-26(33(29,30)18-9-3-1-4-10-18)15-16-27(22)34(31,32)19-11-5-2-6-12-19/h1-14,22H,15-17H2,(H,25,28). The van der Waals surface area contributed by atoms with Gasteiger partial charge in [-0.05, 0) is 36.4 Å². The third-order valence-corrected chi connectivity index (χ3v) is 9.59. The van der Waals surface area contributed by atoms with E-state index in [2.05, 4.69) is 5.32 Å². The van der Waals surface area contributed by atoms with Gasteiger partial charge in [-0.2, -0.15) is 8.61 Å². The topological polar surface area (TPSA) is 104 Å². The van der Waals surface area contributed by atoms with Gasteiger partial charge in [-0.3, -0.25) is 4.79 Å². The molecule has 1 saturated heterocycles. The zero-order chi connectivity index (χ0) is 24.3. The van der Waals surface area contributed by atoms with Gasteiger partial charge in [-0.25, -0.2) is 16.8 Å². The van der Waals surface area contributed by atoms with Gasteiger partial charge < -0.3 is 5.32 Å². The molecule has 1 aliphatic rings. The number of hydrogen-bond acceptors (Lipinski definition) is 5. The SMILES string of the molecule is O=C(Nc1ccccc1Cl)C1CN(S(=O)(=O)c2ccccc2)CCN1S(=O)(=O)c1ccccc1. The lowest BCUT2D eigenvalue weighted by atomic mass is 10.2. The van der Waals surface area contributed by atoms with Crippen molar-refractivity contribution < 1.29 is 21.6 Å². The van der Waals surface area contributed by atoms with Crippen molar-refractivity contribution in [2.24, 2.45) is 0 Å². The number of piperazine rings is 1. The van der Waals surface area contributed by atoms with Crippen LogP contribution in [-0.4, -0.2) is 57.0 Å². The number of anilines is 1. The second-order valence-corrected chi connectivity index (χ2v) is 11.8. The Morgan fingerprint density at radius 3 is 1.88 bits per heavy atom. The summed E-state index contributed by atoms with van der Waals surface area (Å²) < 4.78 is 55.4. The van der Waals surface area contributed by atoms with Gasteiger partial charge in [0.15, 0.2) is 0 Å². The summed E-state index contributed by atoms with van der Waals surface area (Å²) >= 11 is 6.16. The van der Waals surface area contributed by atoms with Crippen molar-refractivity contribution in [2.45, 2.75) is 15.8 Å². The Balaban J connectivity index is 1.70. The maximum Gasteiger partial charge on any atom is 0.244 e. The average molecular weight is 520 g/mol. The molecule has 1 unspecified atom stereocenters. The Morgan fingerprint density at radius 2 is 1.29 bits per heavy atom. The third-order valence-electron chi connectivity index (χ3n) is 5.46. The summed E-state index contributed by atoms with van der Waals surface area (Å²) in [5, 5.41) is 2.92. The molecular weight excluding hydrogens is 498 g/mol. The smallest absolute Gasteiger partial charge is 0.244 e. The summed E-state index contributed by atoms with van der Waals surface area (Å²) in [5.74, 6) is -0.680. The largest absolute Gasteiger partial charge is 0.323 e. The fourth-order valence-electron chi connectivity index (χ4n) is 3.71. The van der Waals surface area contributed by atoms with Gasteiger partial charge in [0.25, 0.3) is 0 Å². The number of nitrogens with one attached hydrogen (secondary N) is 1. The summed E-state index contributed by atoms with van der Waals surface area (Å²) in [6.07, 6.45) is 0. The molecular formula is C23H22ClN3O5S2. The number of benzene rings is 3. The molecule has 0 spiro atoms. The van der Waals surface area contributed by atoms with Gasteiger partial charge in [0.1, 0.15) is 6.04 Å². The first-order valence-electron chi connectivity index (χ1n) is 10.4. The molecule has 0 bridgehead atoms. The molecule has 1 atom stereocenters. The summed E-state index contributed by atoms with van der Waals surface area (Å²) in [7, 11) is -8.01. The van der Waals surface area contributed by atoms with Gasteiger partial charge in [-0.15, -0.1) is 0 Å². The van der Waals surface area contributed by atoms with Crippen LogP contribution in [0.1, 0.15) is 0 Å². The molecule has 0 aliphatic carbocycles. The van der Waals surface area contributed by atoms with Crippen LogP contribution in [0.5, 0.6) is 0 Å². The normalized spacial score (nSPS) is 17.9. The molecule has 1 amide bonds. The minimum Gasteiger partial charge on any atom is -0.323 e. The van der Waals surface area contributed by atoms with Crippen LogP contribution in [0.2, 0.25) is 5.02 Å². The number of carbonyl (C=O) groups is 1. The van der Waals surface area contributed by atoms with Crippen molar-refractivity contribution >= 4 is 43.2 Å². The lowest BCUT2D eigenvalue weighted by Gasteiger charge is -2.39. The van der Waals surface area contributed by atoms with E-state index in [1.54, 1.807) is 60.7 Å². The molecule has 1 heterocycles. The second kappa shape index (κ2) is 9.85. The third kappa shape index (κ3) is 4.86. The molecule has 34 heavy (non-hydrogen) atoms. The van der Waals surface area contributed by atoms with Gasteiger partial charge >= 0.3 is 0 Å². The lowest BCUT2D eigenvalue weighted by molar-refractivity contribution is -0.120. The van der Waals surface area contributed by atoms with Crippen LogP contribution in [0, 0.1) is 0 Å². The minimum absolute atomic E-state index is 0.0184. The number of para-hydroxylation sites is 1. The summed E-state index contributed by atoms with van der Waals surface area (Å²) in [5.41, 5.74) is 0.300. The van der Waals surface area contributed by atoms with E-state index in [-0.39, 0.29) is 34.4 Å². The highest BCUT2D eigenvalue weighted by Crippen LogP contribution is 2.27. The summed E-state index contributed by atoms with van der Waals surface area (Å²) in [6.45, 7) is -0.636. The quantitative estimate of drug-likeness (QED) is 0.539. The van der Waals surface area contributed by atoms with Crippen LogP contribution in [-0.2, 0) is 24.8 Å². The molecule has 0 radical (unpaired) electrons. The molecule has 3 aromatic carbocycles. The van der Waals surface area contributed by atoms with Crippen LogP contribution < -0.4 is 5.32 Å². The van der Waals surface area contributed by atoms with Crippen molar-refractivity contribution in [2.75, 3.05) is 25.0 Å². The van der Waals surface area contributed by atoms with Crippen LogP contribution in [0.15, 0.2) is 94.7 Å². The first kappa shape index (κ1) is 24.4. The van der Waals surface area contributed by atoms with E-state index >= 15 is 0 Å².